The van der Waals surface area contributed by atoms with Crippen LogP contribution in [0.2, 0.25) is 5.02 Å². The third-order valence-corrected chi connectivity index (χ3v) is 6.06. The standard InChI is InChI=1S/C20H23ClN2O4S/c21-17-11-9-16(10-12-17)20(25)23-13-4-8-19(24)22-14-5-15-28(26,27)18-6-2-1-3-7-18/h1-3,6-7,9-12H,4-5,8,13-15H2,(H,22,24)(H,23,25). The summed E-state index contributed by atoms with van der Waals surface area (Å²) in [4.78, 5) is 24.0. The lowest BCUT2D eigenvalue weighted by molar-refractivity contribution is -0.121. The number of amides is 2. The molecule has 0 heterocycles. The van der Waals surface area contributed by atoms with Crippen molar-refractivity contribution in [2.45, 2.75) is 24.2 Å². The van der Waals surface area contributed by atoms with Gasteiger partial charge in [0.25, 0.3) is 5.91 Å². The molecule has 8 heteroatoms. The van der Waals surface area contributed by atoms with Gasteiger partial charge in [0.15, 0.2) is 9.84 Å². The predicted octanol–water partition coefficient (Wildman–Crippen LogP) is 2.83. The van der Waals surface area contributed by atoms with Gasteiger partial charge in [-0.25, -0.2) is 8.42 Å². The second kappa shape index (κ2) is 10.8. The fourth-order valence-electron chi connectivity index (χ4n) is 2.48. The second-order valence-electron chi connectivity index (χ2n) is 6.20. The molecule has 0 atom stereocenters. The van der Waals surface area contributed by atoms with Crippen LogP contribution < -0.4 is 10.6 Å². The Labute approximate surface area is 170 Å². The number of hydrogen-bond donors (Lipinski definition) is 2. The maximum atomic E-state index is 12.1. The van der Waals surface area contributed by atoms with E-state index in [9.17, 15) is 18.0 Å². The first kappa shape index (κ1) is 21.9. The average molecular weight is 423 g/mol. The molecule has 0 bridgehead atoms. The molecule has 0 spiro atoms. The number of halogens is 1. The third kappa shape index (κ3) is 7.32. The molecule has 0 radical (unpaired) electrons. The lowest BCUT2D eigenvalue weighted by atomic mass is 10.2. The lowest BCUT2D eigenvalue weighted by Gasteiger charge is -2.07. The molecule has 2 N–H and O–H groups in total. The quantitative estimate of drug-likeness (QED) is 0.576. The highest BCUT2D eigenvalue weighted by Crippen LogP contribution is 2.11. The van der Waals surface area contributed by atoms with Gasteiger partial charge >= 0.3 is 0 Å². The first-order valence-corrected chi connectivity index (χ1v) is 11.0. The number of hydrogen-bond acceptors (Lipinski definition) is 4. The first-order chi connectivity index (χ1) is 13.4. The summed E-state index contributed by atoms with van der Waals surface area (Å²) < 4.78 is 24.3. The zero-order valence-corrected chi connectivity index (χ0v) is 16.9. The largest absolute Gasteiger partial charge is 0.356 e. The number of benzene rings is 2. The van der Waals surface area contributed by atoms with Gasteiger partial charge < -0.3 is 10.6 Å². The molecule has 0 aromatic heterocycles. The van der Waals surface area contributed by atoms with E-state index >= 15 is 0 Å². The fraction of sp³-hybridized carbons (Fsp3) is 0.300. The zero-order valence-electron chi connectivity index (χ0n) is 15.4. The molecule has 2 aromatic carbocycles. The van der Waals surface area contributed by atoms with Crippen LogP contribution in [-0.2, 0) is 14.6 Å². The van der Waals surface area contributed by atoms with Crippen molar-refractivity contribution in [3.63, 3.8) is 0 Å². The minimum Gasteiger partial charge on any atom is -0.356 e. The Kier molecular flexibility index (Phi) is 8.47. The molecule has 0 unspecified atom stereocenters. The van der Waals surface area contributed by atoms with Gasteiger partial charge in [-0.15, -0.1) is 0 Å². The monoisotopic (exact) mass is 422 g/mol. The van der Waals surface area contributed by atoms with E-state index in [1.165, 1.54) is 0 Å². The number of rotatable bonds is 10. The van der Waals surface area contributed by atoms with Gasteiger partial charge in [0.2, 0.25) is 5.91 Å². The molecule has 2 amide bonds. The van der Waals surface area contributed by atoms with E-state index in [1.54, 1.807) is 54.6 Å². The Balaban J connectivity index is 1.59. The SMILES string of the molecule is O=C(CCCNC(=O)c1ccc(Cl)cc1)NCCCS(=O)(=O)c1ccccc1. The van der Waals surface area contributed by atoms with Crippen molar-refractivity contribution >= 4 is 33.3 Å². The van der Waals surface area contributed by atoms with Crippen molar-refractivity contribution in [3.8, 4) is 0 Å². The highest BCUT2D eigenvalue weighted by Gasteiger charge is 2.13. The van der Waals surface area contributed by atoms with Crippen LogP contribution in [0.3, 0.4) is 0 Å². The Morgan fingerprint density at radius 2 is 1.50 bits per heavy atom. The van der Waals surface area contributed by atoms with Crippen molar-refractivity contribution in [2.75, 3.05) is 18.8 Å². The van der Waals surface area contributed by atoms with E-state index < -0.39 is 9.84 Å². The third-order valence-electron chi connectivity index (χ3n) is 3.99. The minimum absolute atomic E-state index is 0.0194. The van der Waals surface area contributed by atoms with Crippen molar-refractivity contribution in [1.82, 2.24) is 10.6 Å². The van der Waals surface area contributed by atoms with E-state index in [-0.39, 0.29) is 28.9 Å². The van der Waals surface area contributed by atoms with Crippen molar-refractivity contribution in [1.29, 1.82) is 0 Å². The molecular formula is C20H23ClN2O4S. The summed E-state index contributed by atoms with van der Waals surface area (Å²) in [6.07, 6.45) is 1.09. The maximum absolute atomic E-state index is 12.1. The normalized spacial score (nSPS) is 11.0. The van der Waals surface area contributed by atoms with Crippen molar-refractivity contribution < 1.29 is 18.0 Å². The van der Waals surface area contributed by atoms with Crippen LogP contribution in [0.5, 0.6) is 0 Å². The summed E-state index contributed by atoms with van der Waals surface area (Å²) in [5.41, 5.74) is 0.508. The van der Waals surface area contributed by atoms with Crippen LogP contribution >= 0.6 is 11.6 Å². The van der Waals surface area contributed by atoms with Crippen molar-refractivity contribution in [2.24, 2.45) is 0 Å². The molecule has 6 nitrogen and oxygen atoms in total. The Morgan fingerprint density at radius 3 is 2.18 bits per heavy atom. The molecule has 0 fully saturated rings. The number of carbonyl (C=O) groups excluding carboxylic acids is 2. The molecule has 0 saturated heterocycles. The topological polar surface area (TPSA) is 92.3 Å². The molecular weight excluding hydrogens is 400 g/mol. The van der Waals surface area contributed by atoms with E-state index in [0.717, 1.165) is 0 Å². The van der Waals surface area contributed by atoms with Gasteiger partial charge in [-0.2, -0.15) is 0 Å². The van der Waals surface area contributed by atoms with Crippen LogP contribution in [0, 0.1) is 0 Å². The van der Waals surface area contributed by atoms with Gasteiger partial charge in [0.1, 0.15) is 0 Å². The van der Waals surface area contributed by atoms with Crippen LogP contribution in [0.1, 0.15) is 29.6 Å². The molecule has 2 rings (SSSR count). The first-order valence-electron chi connectivity index (χ1n) is 8.97. The maximum Gasteiger partial charge on any atom is 0.251 e. The molecule has 150 valence electrons. The Morgan fingerprint density at radius 1 is 0.857 bits per heavy atom. The van der Waals surface area contributed by atoms with Crippen molar-refractivity contribution in [3.05, 3.63) is 65.2 Å². The van der Waals surface area contributed by atoms with Crippen LogP contribution in [-0.4, -0.2) is 39.1 Å². The van der Waals surface area contributed by atoms with E-state index in [2.05, 4.69) is 10.6 Å². The molecule has 2 aromatic rings. The van der Waals surface area contributed by atoms with Crippen LogP contribution in [0.4, 0.5) is 0 Å². The summed E-state index contributed by atoms with van der Waals surface area (Å²) >= 11 is 5.78. The predicted molar refractivity (Wildman–Crippen MR) is 109 cm³/mol. The molecule has 0 aliphatic heterocycles. The summed E-state index contributed by atoms with van der Waals surface area (Å²) in [7, 11) is -3.32. The average Bonchev–Trinajstić information content (AvgIpc) is 2.69. The second-order valence-corrected chi connectivity index (χ2v) is 8.75. The Bertz CT molecular complexity index is 884. The van der Waals surface area contributed by atoms with Gasteiger partial charge in [-0.3, -0.25) is 9.59 Å². The molecule has 0 saturated carbocycles. The zero-order chi connectivity index (χ0) is 20.4. The van der Waals surface area contributed by atoms with E-state index in [0.29, 0.717) is 36.5 Å². The van der Waals surface area contributed by atoms with E-state index in [4.69, 9.17) is 11.6 Å². The van der Waals surface area contributed by atoms with Gasteiger partial charge in [0, 0.05) is 30.1 Å². The molecule has 0 aliphatic carbocycles. The minimum atomic E-state index is -3.32. The number of carbonyl (C=O) groups is 2. The highest BCUT2D eigenvalue weighted by molar-refractivity contribution is 7.91. The van der Waals surface area contributed by atoms with Gasteiger partial charge in [-0.1, -0.05) is 29.8 Å². The van der Waals surface area contributed by atoms with Crippen LogP contribution in [0.15, 0.2) is 59.5 Å². The van der Waals surface area contributed by atoms with Gasteiger partial charge in [0.05, 0.1) is 10.6 Å². The fourth-order valence-corrected chi connectivity index (χ4v) is 3.94. The summed E-state index contributed by atoms with van der Waals surface area (Å²) in [6.45, 7) is 0.666. The summed E-state index contributed by atoms with van der Waals surface area (Å²) in [6, 6.07) is 14.8. The van der Waals surface area contributed by atoms with Gasteiger partial charge in [-0.05, 0) is 49.2 Å². The van der Waals surface area contributed by atoms with Crippen LogP contribution in [0.25, 0.3) is 0 Å². The smallest absolute Gasteiger partial charge is 0.251 e. The summed E-state index contributed by atoms with van der Waals surface area (Å²) in [5.74, 6) is -0.407. The lowest BCUT2D eigenvalue weighted by Crippen LogP contribution is -2.28. The summed E-state index contributed by atoms with van der Waals surface area (Å²) in [5, 5.41) is 6.00. The number of nitrogens with one attached hydrogen (secondary N) is 2. The van der Waals surface area contributed by atoms with E-state index in [1.807, 2.05) is 0 Å². The highest BCUT2D eigenvalue weighted by atomic mass is 35.5. The molecule has 0 aliphatic rings. The molecule has 28 heavy (non-hydrogen) atoms. The Hall–Kier alpha value is -2.38. The number of sulfone groups is 1.